The lowest BCUT2D eigenvalue weighted by Crippen LogP contribution is -2.06. The minimum atomic E-state index is -0.488. The molecule has 0 heterocycles. The molecule has 4 nitrogen and oxygen atoms in total. The highest BCUT2D eigenvalue weighted by Crippen LogP contribution is 2.18. The third-order valence-electron chi connectivity index (χ3n) is 1.54. The highest BCUT2D eigenvalue weighted by Gasteiger charge is 2.12. The van der Waals surface area contributed by atoms with Gasteiger partial charge in [0.05, 0.1) is 6.61 Å². The lowest BCUT2D eigenvalue weighted by molar-refractivity contribution is 0.0523. The van der Waals surface area contributed by atoms with Gasteiger partial charge in [-0.3, -0.25) is 0 Å². The number of nitriles is 1. The van der Waals surface area contributed by atoms with Crippen molar-refractivity contribution in [3.8, 4) is 12.0 Å². The van der Waals surface area contributed by atoms with Gasteiger partial charge in [-0.25, -0.2) is 4.79 Å². The van der Waals surface area contributed by atoms with Crippen molar-refractivity contribution in [2.75, 3.05) is 6.61 Å². The molecule has 0 aliphatic rings. The van der Waals surface area contributed by atoms with Crippen LogP contribution in [0, 0.1) is 11.5 Å². The van der Waals surface area contributed by atoms with Gasteiger partial charge in [0.15, 0.2) is 5.75 Å². The van der Waals surface area contributed by atoms with E-state index >= 15 is 0 Å². The Bertz CT molecular complexity index is 368. The number of hydrogen-bond acceptors (Lipinski definition) is 4. The molecule has 0 saturated carbocycles. The Hall–Kier alpha value is -2.02. The fraction of sp³-hybridized carbons (Fsp3) is 0.200. The summed E-state index contributed by atoms with van der Waals surface area (Å²) in [6.45, 7) is 2.01. The van der Waals surface area contributed by atoms with Gasteiger partial charge in [0.25, 0.3) is 6.26 Å². The molecule has 0 bridgehead atoms. The Morgan fingerprint density at radius 1 is 1.50 bits per heavy atom. The highest BCUT2D eigenvalue weighted by molar-refractivity contribution is 5.92. The van der Waals surface area contributed by atoms with Crippen molar-refractivity contribution in [3.63, 3.8) is 0 Å². The smallest absolute Gasteiger partial charge is 0.341 e. The van der Waals surface area contributed by atoms with E-state index in [1.165, 1.54) is 12.3 Å². The van der Waals surface area contributed by atoms with Crippen molar-refractivity contribution in [1.82, 2.24) is 0 Å². The van der Waals surface area contributed by atoms with E-state index in [9.17, 15) is 4.79 Å². The van der Waals surface area contributed by atoms with Crippen molar-refractivity contribution in [3.05, 3.63) is 29.8 Å². The predicted octanol–water partition coefficient (Wildman–Crippen LogP) is 1.72. The van der Waals surface area contributed by atoms with E-state index in [0.29, 0.717) is 6.61 Å². The number of esters is 1. The molecule has 0 spiro atoms. The predicted molar refractivity (Wildman–Crippen MR) is 48.6 cm³/mol. The summed E-state index contributed by atoms with van der Waals surface area (Å²) < 4.78 is 9.40. The van der Waals surface area contributed by atoms with Crippen LogP contribution in [0.15, 0.2) is 24.3 Å². The Morgan fingerprint density at radius 3 is 2.86 bits per heavy atom. The van der Waals surface area contributed by atoms with Crippen LogP contribution < -0.4 is 4.74 Å². The van der Waals surface area contributed by atoms with Crippen molar-refractivity contribution in [1.29, 1.82) is 5.26 Å². The van der Waals surface area contributed by atoms with Crippen LogP contribution >= 0.6 is 0 Å². The molecule has 0 aliphatic carbocycles. The summed E-state index contributed by atoms with van der Waals surface area (Å²) in [4.78, 5) is 11.3. The van der Waals surface area contributed by atoms with Crippen molar-refractivity contribution < 1.29 is 14.3 Å². The molecule has 4 heteroatoms. The number of nitrogens with zero attached hydrogens (tertiary/aromatic N) is 1. The number of para-hydroxylation sites is 1. The topological polar surface area (TPSA) is 59.3 Å². The SMILES string of the molecule is CCOC(=O)c1ccccc1OC#N. The molecule has 0 aliphatic heterocycles. The molecule has 0 aromatic heterocycles. The van der Waals surface area contributed by atoms with Crippen LogP contribution in [0.5, 0.6) is 5.75 Å². The van der Waals surface area contributed by atoms with Gasteiger partial charge >= 0.3 is 5.97 Å². The van der Waals surface area contributed by atoms with Gasteiger partial charge in [-0.05, 0) is 19.1 Å². The molecule has 1 aromatic carbocycles. The third-order valence-corrected chi connectivity index (χ3v) is 1.54. The number of benzene rings is 1. The van der Waals surface area contributed by atoms with Gasteiger partial charge in [-0.1, -0.05) is 12.1 Å². The lowest BCUT2D eigenvalue weighted by atomic mass is 10.2. The van der Waals surface area contributed by atoms with Crippen LogP contribution in [0.2, 0.25) is 0 Å². The molecule has 0 atom stereocenters. The van der Waals surface area contributed by atoms with E-state index < -0.39 is 5.97 Å². The monoisotopic (exact) mass is 191 g/mol. The first kappa shape index (κ1) is 10.1. The molecular formula is C10H9NO3. The fourth-order valence-electron chi connectivity index (χ4n) is 0.982. The van der Waals surface area contributed by atoms with Crippen LogP contribution in [-0.4, -0.2) is 12.6 Å². The maximum absolute atomic E-state index is 11.3. The third kappa shape index (κ3) is 2.23. The van der Waals surface area contributed by atoms with E-state index in [1.54, 1.807) is 25.1 Å². The summed E-state index contributed by atoms with van der Waals surface area (Å²) in [5, 5.41) is 8.33. The van der Waals surface area contributed by atoms with Gasteiger partial charge < -0.3 is 9.47 Å². The van der Waals surface area contributed by atoms with Crippen LogP contribution in [0.25, 0.3) is 0 Å². The number of hydrogen-bond donors (Lipinski definition) is 0. The number of ether oxygens (including phenoxy) is 2. The Labute approximate surface area is 81.7 Å². The van der Waals surface area contributed by atoms with E-state index in [2.05, 4.69) is 4.74 Å². The van der Waals surface area contributed by atoms with Crippen LogP contribution in [0.4, 0.5) is 0 Å². The average molecular weight is 191 g/mol. The molecule has 1 rings (SSSR count). The van der Waals surface area contributed by atoms with Crippen LogP contribution in [0.3, 0.4) is 0 Å². The average Bonchev–Trinajstić information content (AvgIpc) is 2.19. The lowest BCUT2D eigenvalue weighted by Gasteiger charge is -2.04. The summed E-state index contributed by atoms with van der Waals surface area (Å²) in [5.74, 6) is -0.271. The van der Waals surface area contributed by atoms with Crippen LogP contribution in [-0.2, 0) is 4.74 Å². The molecule has 0 radical (unpaired) electrons. The molecule has 0 amide bonds. The summed E-state index contributed by atoms with van der Waals surface area (Å²) in [7, 11) is 0. The maximum Gasteiger partial charge on any atom is 0.341 e. The number of carbonyl (C=O) groups is 1. The van der Waals surface area contributed by atoms with Crippen molar-refractivity contribution in [2.45, 2.75) is 6.92 Å². The number of rotatable bonds is 3. The Balaban J connectivity index is 2.95. The van der Waals surface area contributed by atoms with Gasteiger partial charge in [0.1, 0.15) is 5.56 Å². The van der Waals surface area contributed by atoms with Gasteiger partial charge in [0, 0.05) is 0 Å². The fourth-order valence-corrected chi connectivity index (χ4v) is 0.982. The summed E-state index contributed by atoms with van der Waals surface area (Å²) in [6, 6.07) is 6.44. The molecule has 1 aromatic rings. The normalized spacial score (nSPS) is 8.86. The standard InChI is InChI=1S/C10H9NO3/c1-2-13-10(12)8-5-3-4-6-9(8)14-7-11/h3-6H,2H2,1H3. The zero-order chi connectivity index (χ0) is 10.4. The van der Waals surface area contributed by atoms with E-state index in [-0.39, 0.29) is 11.3 Å². The highest BCUT2D eigenvalue weighted by atomic mass is 16.5. The van der Waals surface area contributed by atoms with E-state index in [0.717, 1.165) is 0 Å². The summed E-state index contributed by atoms with van der Waals surface area (Å²) in [5.41, 5.74) is 0.260. The zero-order valence-corrected chi connectivity index (χ0v) is 7.69. The van der Waals surface area contributed by atoms with Gasteiger partial charge in [0.2, 0.25) is 0 Å². The molecule has 0 fully saturated rings. The molecule has 0 saturated heterocycles. The number of carbonyl (C=O) groups excluding carboxylic acids is 1. The second-order valence-electron chi connectivity index (χ2n) is 2.41. The van der Waals surface area contributed by atoms with Crippen LogP contribution in [0.1, 0.15) is 17.3 Å². The van der Waals surface area contributed by atoms with Gasteiger partial charge in [-0.2, -0.15) is 0 Å². The second-order valence-corrected chi connectivity index (χ2v) is 2.41. The second kappa shape index (κ2) is 4.87. The molecular weight excluding hydrogens is 182 g/mol. The first-order chi connectivity index (χ1) is 6.79. The molecule has 0 N–H and O–H groups in total. The van der Waals surface area contributed by atoms with Crippen molar-refractivity contribution in [2.24, 2.45) is 0 Å². The van der Waals surface area contributed by atoms with E-state index in [1.807, 2.05) is 0 Å². The Morgan fingerprint density at radius 2 is 2.21 bits per heavy atom. The minimum Gasteiger partial charge on any atom is -0.462 e. The zero-order valence-electron chi connectivity index (χ0n) is 7.69. The Kier molecular flexibility index (Phi) is 3.50. The molecule has 0 unspecified atom stereocenters. The van der Waals surface area contributed by atoms with Crippen molar-refractivity contribution >= 4 is 5.97 Å². The first-order valence-electron chi connectivity index (χ1n) is 4.11. The quantitative estimate of drug-likeness (QED) is 0.539. The molecule has 72 valence electrons. The largest absolute Gasteiger partial charge is 0.462 e. The first-order valence-corrected chi connectivity index (χ1v) is 4.11. The maximum atomic E-state index is 11.3. The summed E-state index contributed by atoms with van der Waals surface area (Å²) >= 11 is 0. The van der Waals surface area contributed by atoms with Gasteiger partial charge in [-0.15, -0.1) is 5.26 Å². The van der Waals surface area contributed by atoms with E-state index in [4.69, 9.17) is 10.00 Å². The minimum absolute atomic E-state index is 0.216. The molecule has 14 heavy (non-hydrogen) atoms. The summed E-state index contributed by atoms with van der Waals surface area (Å²) in [6.07, 6.45) is 1.51.